The van der Waals surface area contributed by atoms with Gasteiger partial charge in [0.05, 0.1) is 12.5 Å². The van der Waals surface area contributed by atoms with Gasteiger partial charge in [0.1, 0.15) is 11.3 Å². The molecule has 0 saturated carbocycles. The molecule has 0 aliphatic rings. The monoisotopic (exact) mass is 250 g/mol. The average Bonchev–Trinajstić information content (AvgIpc) is 2.30. The molecular weight excluding hydrogens is 236 g/mol. The van der Waals surface area contributed by atoms with E-state index in [-0.39, 0.29) is 17.3 Å². The number of phenolic OH excluding ortho intramolecular Hbond substituents is 1. The summed E-state index contributed by atoms with van der Waals surface area (Å²) in [5, 5.41) is 9.17. The first-order chi connectivity index (χ1) is 8.52. The highest BCUT2D eigenvalue weighted by Crippen LogP contribution is 2.16. The van der Waals surface area contributed by atoms with Crippen molar-refractivity contribution >= 4 is 11.9 Å². The second kappa shape index (κ2) is 8.58. The van der Waals surface area contributed by atoms with E-state index in [4.69, 9.17) is 0 Å². The molecule has 0 atom stereocenters. The lowest BCUT2D eigenvalue weighted by atomic mass is 10.2. The summed E-state index contributed by atoms with van der Waals surface area (Å²) < 4.78 is 8.64. The van der Waals surface area contributed by atoms with E-state index in [9.17, 15) is 14.7 Å². The molecule has 0 bridgehead atoms. The summed E-state index contributed by atoms with van der Waals surface area (Å²) >= 11 is 0. The Hall–Kier alpha value is -2.56. The predicted molar refractivity (Wildman–Crippen MR) is 65.7 cm³/mol. The van der Waals surface area contributed by atoms with E-state index in [1.807, 2.05) is 0 Å². The molecule has 0 aliphatic carbocycles. The minimum atomic E-state index is -0.608. The lowest BCUT2D eigenvalue weighted by Crippen LogP contribution is -1.99. The third kappa shape index (κ3) is 6.12. The van der Waals surface area contributed by atoms with Crippen LogP contribution in [0.5, 0.6) is 5.75 Å². The topological polar surface area (TPSA) is 72.8 Å². The molecule has 1 aromatic carbocycles. The van der Waals surface area contributed by atoms with Crippen LogP contribution in [0.2, 0.25) is 0 Å². The van der Waals surface area contributed by atoms with Gasteiger partial charge in [-0.2, -0.15) is 0 Å². The fraction of sp³-hybridized carbons (Fsp3) is 0.0769. The van der Waals surface area contributed by atoms with Crippen molar-refractivity contribution in [3.8, 4) is 5.75 Å². The van der Waals surface area contributed by atoms with Gasteiger partial charge < -0.3 is 14.6 Å². The number of esters is 2. The Kier molecular flexibility index (Phi) is 7.36. The van der Waals surface area contributed by atoms with Gasteiger partial charge in [-0.15, -0.1) is 0 Å². The molecule has 18 heavy (non-hydrogen) atoms. The van der Waals surface area contributed by atoms with Crippen molar-refractivity contribution in [1.82, 2.24) is 0 Å². The molecule has 1 rings (SSSR count). The summed E-state index contributed by atoms with van der Waals surface area (Å²) in [5.41, 5.74) is 0.136. The molecule has 5 nitrogen and oxygen atoms in total. The van der Waals surface area contributed by atoms with Crippen LogP contribution in [0.1, 0.15) is 17.3 Å². The number of aromatic hydroxyl groups is 1. The van der Waals surface area contributed by atoms with Gasteiger partial charge in [-0.3, -0.25) is 4.79 Å². The molecule has 0 spiro atoms. The maximum Gasteiger partial charge on any atom is 0.346 e. The highest BCUT2D eigenvalue weighted by molar-refractivity contribution is 5.92. The molecule has 96 valence electrons. The molecular formula is C13H14O5. The lowest BCUT2D eigenvalue weighted by molar-refractivity contribution is -0.135. The summed E-state index contributed by atoms with van der Waals surface area (Å²) in [5.74, 6) is -1.03. The first-order valence-electron chi connectivity index (χ1n) is 4.91. The number of phenols is 1. The highest BCUT2D eigenvalue weighted by Gasteiger charge is 2.09. The van der Waals surface area contributed by atoms with Crippen molar-refractivity contribution < 1.29 is 24.2 Å². The fourth-order valence-electron chi connectivity index (χ4n) is 0.903. The van der Waals surface area contributed by atoms with Gasteiger partial charge in [-0.1, -0.05) is 25.3 Å². The second-order valence-corrected chi connectivity index (χ2v) is 2.87. The van der Waals surface area contributed by atoms with Crippen LogP contribution >= 0.6 is 0 Å². The third-order valence-corrected chi connectivity index (χ3v) is 1.56. The predicted octanol–water partition coefficient (Wildman–Crippen LogP) is 2.39. The molecule has 0 heterocycles. The zero-order chi connectivity index (χ0) is 14.0. The molecule has 1 aromatic rings. The SMILES string of the molecule is C=COC(=O)c1ccccc1O.C=COC(C)=O. The number of hydrogen-bond donors (Lipinski definition) is 1. The van der Waals surface area contributed by atoms with Crippen molar-refractivity contribution in [3.63, 3.8) is 0 Å². The summed E-state index contributed by atoms with van der Waals surface area (Å²) in [4.78, 5) is 20.8. The van der Waals surface area contributed by atoms with Gasteiger partial charge in [0, 0.05) is 6.92 Å². The molecule has 0 radical (unpaired) electrons. The van der Waals surface area contributed by atoms with Gasteiger partial charge in [-0.05, 0) is 12.1 Å². The van der Waals surface area contributed by atoms with Crippen LogP contribution in [-0.2, 0) is 14.3 Å². The van der Waals surface area contributed by atoms with E-state index >= 15 is 0 Å². The fourth-order valence-corrected chi connectivity index (χ4v) is 0.903. The van der Waals surface area contributed by atoms with E-state index in [1.165, 1.54) is 19.1 Å². The summed E-state index contributed by atoms with van der Waals surface area (Å²) in [7, 11) is 0. The quantitative estimate of drug-likeness (QED) is 0.658. The number of benzene rings is 1. The Bertz CT molecular complexity index is 437. The zero-order valence-corrected chi connectivity index (χ0v) is 9.96. The summed E-state index contributed by atoms with van der Waals surface area (Å²) in [6, 6.07) is 6.15. The Balaban J connectivity index is 0.000000411. The van der Waals surface area contributed by atoms with Crippen LogP contribution in [0.25, 0.3) is 0 Å². The molecule has 0 fully saturated rings. The highest BCUT2D eigenvalue weighted by atomic mass is 16.5. The van der Waals surface area contributed by atoms with E-state index in [2.05, 4.69) is 22.6 Å². The van der Waals surface area contributed by atoms with E-state index < -0.39 is 5.97 Å². The van der Waals surface area contributed by atoms with Crippen LogP contribution in [0, 0.1) is 0 Å². The Morgan fingerprint density at radius 3 is 2.11 bits per heavy atom. The molecule has 0 aliphatic heterocycles. The van der Waals surface area contributed by atoms with Crippen LogP contribution < -0.4 is 0 Å². The van der Waals surface area contributed by atoms with Crippen LogP contribution in [0.15, 0.2) is 49.9 Å². The number of ether oxygens (including phenoxy) is 2. The Morgan fingerprint density at radius 1 is 1.17 bits per heavy atom. The first-order valence-corrected chi connectivity index (χ1v) is 4.91. The largest absolute Gasteiger partial charge is 0.507 e. The van der Waals surface area contributed by atoms with Crippen LogP contribution in [-0.4, -0.2) is 17.0 Å². The number of rotatable bonds is 3. The molecule has 1 N–H and O–H groups in total. The van der Waals surface area contributed by atoms with Crippen molar-refractivity contribution in [2.24, 2.45) is 0 Å². The van der Waals surface area contributed by atoms with Gasteiger partial charge in [0.2, 0.25) is 0 Å². The molecule has 0 saturated heterocycles. The van der Waals surface area contributed by atoms with Gasteiger partial charge in [-0.25, -0.2) is 4.79 Å². The maximum atomic E-state index is 11.0. The van der Waals surface area contributed by atoms with E-state index in [1.54, 1.807) is 12.1 Å². The number of carbonyl (C=O) groups is 2. The minimum absolute atomic E-state index is 0.0932. The van der Waals surface area contributed by atoms with E-state index in [0.717, 1.165) is 12.5 Å². The van der Waals surface area contributed by atoms with Gasteiger partial charge >= 0.3 is 11.9 Å². The van der Waals surface area contributed by atoms with E-state index in [0.29, 0.717) is 0 Å². The number of para-hydroxylation sites is 1. The molecule has 5 heteroatoms. The lowest BCUT2D eigenvalue weighted by Gasteiger charge is -2.00. The average molecular weight is 250 g/mol. The van der Waals surface area contributed by atoms with Crippen LogP contribution in [0.4, 0.5) is 0 Å². The Morgan fingerprint density at radius 2 is 1.72 bits per heavy atom. The standard InChI is InChI=1S/C9H8O3.C4H6O2/c1-2-12-9(11)7-5-3-4-6-8(7)10;1-3-6-4(2)5/h2-6,10H,1H2;3H,1H2,2H3. The minimum Gasteiger partial charge on any atom is -0.507 e. The summed E-state index contributed by atoms with van der Waals surface area (Å²) in [6.07, 6.45) is 2.12. The second-order valence-electron chi connectivity index (χ2n) is 2.87. The maximum absolute atomic E-state index is 11.0. The smallest absolute Gasteiger partial charge is 0.346 e. The van der Waals surface area contributed by atoms with Gasteiger partial charge in [0.25, 0.3) is 0 Å². The number of hydrogen-bond acceptors (Lipinski definition) is 5. The first kappa shape index (κ1) is 15.4. The Labute approximate surface area is 105 Å². The van der Waals surface area contributed by atoms with Crippen molar-refractivity contribution in [1.29, 1.82) is 0 Å². The van der Waals surface area contributed by atoms with Gasteiger partial charge in [0.15, 0.2) is 0 Å². The summed E-state index contributed by atoms with van der Waals surface area (Å²) in [6.45, 7) is 7.71. The zero-order valence-electron chi connectivity index (χ0n) is 9.96. The normalized spacial score (nSPS) is 8.28. The third-order valence-electron chi connectivity index (χ3n) is 1.56. The molecule has 0 amide bonds. The van der Waals surface area contributed by atoms with Crippen LogP contribution in [0.3, 0.4) is 0 Å². The number of carbonyl (C=O) groups excluding carboxylic acids is 2. The van der Waals surface area contributed by atoms with Crippen molar-refractivity contribution in [2.45, 2.75) is 6.92 Å². The van der Waals surface area contributed by atoms with Crippen molar-refractivity contribution in [3.05, 3.63) is 55.5 Å². The van der Waals surface area contributed by atoms with Crippen molar-refractivity contribution in [2.75, 3.05) is 0 Å². The molecule has 0 unspecified atom stereocenters. The molecule has 0 aromatic heterocycles.